The van der Waals surface area contributed by atoms with Crippen molar-refractivity contribution < 1.29 is 13.9 Å². The minimum atomic E-state index is -0.578. The summed E-state index contributed by atoms with van der Waals surface area (Å²) in [6.07, 6.45) is 0. The van der Waals surface area contributed by atoms with Gasteiger partial charge in [-0.25, -0.2) is 8.78 Å². The fourth-order valence-corrected chi connectivity index (χ4v) is 1.25. The van der Waals surface area contributed by atoms with Gasteiger partial charge in [0.1, 0.15) is 11.6 Å². The maximum Gasteiger partial charge on any atom is 0.126 e. The third kappa shape index (κ3) is 2.27. The number of aliphatic hydroxyl groups is 1. The number of rotatable bonds is 3. The summed E-state index contributed by atoms with van der Waals surface area (Å²) in [5, 5.41) is 8.79. The molecule has 0 saturated carbocycles. The van der Waals surface area contributed by atoms with Crippen LogP contribution in [0.5, 0.6) is 0 Å². The molecule has 0 aliphatic rings. The van der Waals surface area contributed by atoms with E-state index >= 15 is 0 Å². The quantitative estimate of drug-likeness (QED) is 0.776. The predicted molar refractivity (Wildman–Crippen MR) is 49.8 cm³/mol. The topological polar surface area (TPSA) is 46.2 Å². The Hall–Kier alpha value is -1.00. The highest BCUT2D eigenvalue weighted by atomic mass is 19.1. The van der Waals surface area contributed by atoms with Crippen molar-refractivity contribution in [2.75, 3.05) is 6.61 Å². The Labute approximate surface area is 81.4 Å². The normalized spacial score (nSPS) is 15.2. The second-order valence-corrected chi connectivity index (χ2v) is 3.30. The molecule has 3 N–H and O–H groups in total. The number of benzene rings is 1. The maximum atomic E-state index is 13.2. The first kappa shape index (κ1) is 11.1. The SMILES string of the molecule is CC(c1cc(F)ccc1F)C(N)CO. The first-order chi connectivity index (χ1) is 6.56. The molecule has 0 radical (unpaired) electrons. The van der Waals surface area contributed by atoms with Crippen LogP contribution in [0.3, 0.4) is 0 Å². The summed E-state index contributed by atoms with van der Waals surface area (Å²) in [4.78, 5) is 0. The van der Waals surface area contributed by atoms with Crippen molar-refractivity contribution in [3.05, 3.63) is 35.4 Å². The van der Waals surface area contributed by atoms with Crippen LogP contribution in [-0.4, -0.2) is 17.8 Å². The second kappa shape index (κ2) is 4.48. The number of hydrogen-bond donors (Lipinski definition) is 2. The van der Waals surface area contributed by atoms with Gasteiger partial charge in [-0.3, -0.25) is 0 Å². The molecule has 2 nitrogen and oxygen atoms in total. The van der Waals surface area contributed by atoms with E-state index in [9.17, 15) is 8.78 Å². The Balaban J connectivity index is 2.99. The molecule has 0 heterocycles. The minimum Gasteiger partial charge on any atom is -0.395 e. The van der Waals surface area contributed by atoms with Gasteiger partial charge in [0.25, 0.3) is 0 Å². The van der Waals surface area contributed by atoms with Crippen LogP contribution in [-0.2, 0) is 0 Å². The maximum absolute atomic E-state index is 13.2. The lowest BCUT2D eigenvalue weighted by Crippen LogP contribution is -2.31. The number of nitrogens with two attached hydrogens (primary N) is 1. The third-order valence-electron chi connectivity index (χ3n) is 2.30. The van der Waals surface area contributed by atoms with Crippen LogP contribution in [0, 0.1) is 11.6 Å². The number of hydrogen-bond acceptors (Lipinski definition) is 2. The number of aliphatic hydroxyl groups excluding tert-OH is 1. The van der Waals surface area contributed by atoms with Crippen LogP contribution in [0.25, 0.3) is 0 Å². The molecule has 0 bridgehead atoms. The molecule has 4 heteroatoms. The van der Waals surface area contributed by atoms with Gasteiger partial charge in [-0.15, -0.1) is 0 Å². The van der Waals surface area contributed by atoms with Gasteiger partial charge < -0.3 is 10.8 Å². The third-order valence-corrected chi connectivity index (χ3v) is 2.30. The molecule has 14 heavy (non-hydrogen) atoms. The zero-order valence-electron chi connectivity index (χ0n) is 7.87. The molecule has 1 aromatic carbocycles. The van der Waals surface area contributed by atoms with Crippen molar-refractivity contribution in [3.8, 4) is 0 Å². The molecule has 78 valence electrons. The summed E-state index contributed by atoms with van der Waals surface area (Å²) in [6.45, 7) is 1.40. The van der Waals surface area contributed by atoms with Gasteiger partial charge in [-0.05, 0) is 23.8 Å². The molecule has 1 aromatic rings. The molecule has 2 unspecified atom stereocenters. The zero-order valence-corrected chi connectivity index (χ0v) is 7.87. The second-order valence-electron chi connectivity index (χ2n) is 3.30. The predicted octanol–water partition coefficient (Wildman–Crippen LogP) is 1.39. The van der Waals surface area contributed by atoms with Crippen LogP contribution in [0.4, 0.5) is 8.78 Å². The van der Waals surface area contributed by atoms with Crippen molar-refractivity contribution in [2.45, 2.75) is 18.9 Å². The first-order valence-corrected chi connectivity index (χ1v) is 4.37. The fourth-order valence-electron chi connectivity index (χ4n) is 1.25. The van der Waals surface area contributed by atoms with Crippen LogP contribution in [0.2, 0.25) is 0 Å². The Morgan fingerprint density at radius 2 is 2.07 bits per heavy atom. The molecule has 0 aliphatic heterocycles. The van der Waals surface area contributed by atoms with Gasteiger partial charge >= 0.3 is 0 Å². The van der Waals surface area contributed by atoms with Crippen LogP contribution < -0.4 is 5.73 Å². The molecule has 0 aromatic heterocycles. The van der Waals surface area contributed by atoms with Gasteiger partial charge in [0.2, 0.25) is 0 Å². The Morgan fingerprint density at radius 3 is 2.64 bits per heavy atom. The van der Waals surface area contributed by atoms with Crippen LogP contribution >= 0.6 is 0 Å². The Morgan fingerprint density at radius 1 is 1.43 bits per heavy atom. The van der Waals surface area contributed by atoms with E-state index in [1.54, 1.807) is 6.92 Å². The molecule has 0 spiro atoms. The van der Waals surface area contributed by atoms with Gasteiger partial charge in [0, 0.05) is 12.0 Å². The lowest BCUT2D eigenvalue weighted by Gasteiger charge is -2.18. The van der Waals surface area contributed by atoms with Gasteiger partial charge in [0.05, 0.1) is 6.61 Å². The minimum absolute atomic E-state index is 0.201. The standard InChI is InChI=1S/C10H13F2NO/c1-6(10(13)5-14)8-4-7(11)2-3-9(8)12/h2-4,6,10,14H,5,13H2,1H3. The summed E-state index contributed by atoms with van der Waals surface area (Å²) < 4.78 is 26.0. The molecular weight excluding hydrogens is 188 g/mol. The van der Waals surface area contributed by atoms with E-state index in [0.29, 0.717) is 0 Å². The highest BCUT2D eigenvalue weighted by Gasteiger charge is 2.17. The number of halogens is 2. The van der Waals surface area contributed by atoms with Gasteiger partial charge in [-0.1, -0.05) is 6.92 Å². The van der Waals surface area contributed by atoms with Gasteiger partial charge in [0.15, 0.2) is 0 Å². The summed E-state index contributed by atoms with van der Waals surface area (Å²) in [5.41, 5.74) is 5.73. The van der Waals surface area contributed by atoms with Crippen LogP contribution in [0.1, 0.15) is 18.4 Å². The van der Waals surface area contributed by atoms with E-state index in [4.69, 9.17) is 10.8 Å². The fraction of sp³-hybridized carbons (Fsp3) is 0.400. The van der Waals surface area contributed by atoms with Crippen molar-refractivity contribution in [2.24, 2.45) is 5.73 Å². The molecule has 1 rings (SSSR count). The van der Waals surface area contributed by atoms with E-state index in [1.165, 1.54) is 0 Å². The lowest BCUT2D eigenvalue weighted by molar-refractivity contribution is 0.251. The van der Waals surface area contributed by atoms with Gasteiger partial charge in [-0.2, -0.15) is 0 Å². The van der Waals surface area contributed by atoms with E-state index in [-0.39, 0.29) is 12.2 Å². The monoisotopic (exact) mass is 201 g/mol. The highest BCUT2D eigenvalue weighted by Crippen LogP contribution is 2.21. The smallest absolute Gasteiger partial charge is 0.126 e. The molecule has 0 aliphatic carbocycles. The summed E-state index contributed by atoms with van der Waals surface area (Å²) in [7, 11) is 0. The van der Waals surface area contributed by atoms with Crippen molar-refractivity contribution in [3.63, 3.8) is 0 Å². The van der Waals surface area contributed by atoms with Crippen molar-refractivity contribution in [1.29, 1.82) is 0 Å². The molecule has 2 atom stereocenters. The van der Waals surface area contributed by atoms with E-state index < -0.39 is 23.6 Å². The highest BCUT2D eigenvalue weighted by molar-refractivity contribution is 5.23. The largest absolute Gasteiger partial charge is 0.395 e. The zero-order chi connectivity index (χ0) is 10.7. The molecular formula is C10H13F2NO. The lowest BCUT2D eigenvalue weighted by atomic mass is 9.94. The molecule has 0 fully saturated rings. The van der Waals surface area contributed by atoms with E-state index in [1.807, 2.05) is 0 Å². The van der Waals surface area contributed by atoms with E-state index in [2.05, 4.69) is 0 Å². The Kier molecular flexibility index (Phi) is 3.55. The summed E-state index contributed by atoms with van der Waals surface area (Å²) >= 11 is 0. The van der Waals surface area contributed by atoms with Crippen molar-refractivity contribution >= 4 is 0 Å². The molecule has 0 saturated heterocycles. The average Bonchev–Trinajstić information content (AvgIpc) is 2.19. The van der Waals surface area contributed by atoms with Crippen LogP contribution in [0.15, 0.2) is 18.2 Å². The van der Waals surface area contributed by atoms with E-state index in [0.717, 1.165) is 18.2 Å². The summed E-state index contributed by atoms with van der Waals surface area (Å²) in [6, 6.07) is 2.64. The first-order valence-electron chi connectivity index (χ1n) is 4.37. The van der Waals surface area contributed by atoms with Crippen molar-refractivity contribution in [1.82, 2.24) is 0 Å². The average molecular weight is 201 g/mol. The summed E-state index contributed by atoms with van der Waals surface area (Å²) in [5.74, 6) is -1.41. The molecule has 0 amide bonds. The Bertz CT molecular complexity index is 317.